The Balaban J connectivity index is 0.850. The van der Waals surface area contributed by atoms with Crippen LogP contribution in [0.4, 0.5) is 0 Å². The molecule has 9 rings (SSSR count). The van der Waals surface area contributed by atoms with Crippen LogP contribution in [0.2, 0.25) is 0 Å². The van der Waals surface area contributed by atoms with Crippen molar-refractivity contribution >= 4 is 5.97 Å². The molecule has 0 aromatic heterocycles. The molecule has 342 valence electrons. The summed E-state index contributed by atoms with van der Waals surface area (Å²) in [5.74, 6) is -4.32. The predicted octanol–water partition coefficient (Wildman–Crippen LogP) is 6.65. The summed E-state index contributed by atoms with van der Waals surface area (Å²) in [5, 5.41) is 37.4. The summed E-state index contributed by atoms with van der Waals surface area (Å²) >= 11 is 0. The third-order valence-electron chi connectivity index (χ3n) is 16.2. The molecule has 13 heteroatoms. The fourth-order valence-electron chi connectivity index (χ4n) is 13.2. The number of carbonyl (C=O) groups is 1. The first kappa shape index (κ1) is 44.5. The Morgan fingerprint density at radius 2 is 1.67 bits per heavy atom. The number of piperidine rings is 1. The summed E-state index contributed by atoms with van der Waals surface area (Å²) in [5.41, 5.74) is 1.54. The highest BCUT2D eigenvalue weighted by Gasteiger charge is 2.64. The molecule has 8 fully saturated rings. The Bertz CT molecular complexity index is 1740. The average molecular weight is 856 g/mol. The van der Waals surface area contributed by atoms with E-state index in [0.717, 1.165) is 43.4 Å². The number of nitrogens with one attached hydrogen (secondary N) is 1. The standard InChI is InChI=1S/C48H73NO12/c1-26-16-34(11-9-10-12-40(50)51)55-44(21-26)13-14-47(61-44)32(7)19-35-36(58-47)20-38(54-35)43(52)48(53)33(8)18-29(4)41(60-48)30(5)23-45-22-27(2)17-37(56-45)42-39(57-45)24-46(59-42)31(6)15-28(3)25-49-46/h9,11,16,27-29,31-39,41-43,49,52-53H,5,10,12-15,17-25H2,1-4,6-8H3,(H,50,51)/b11-9+/t27-,28+,29-,31-,32+,33+,34+,35+,36+,37?,38-,39+,41-,42+,43+,44+,45-,46-,47+,48+/m0/s1. The summed E-state index contributed by atoms with van der Waals surface area (Å²) < 4.78 is 54.4. The number of hydrogen-bond donors (Lipinski definition) is 4. The fraction of sp³-hybridized carbons (Fsp3) is 0.854. The van der Waals surface area contributed by atoms with E-state index in [0.29, 0.717) is 69.1 Å². The molecule has 61 heavy (non-hydrogen) atoms. The van der Waals surface area contributed by atoms with Crippen molar-refractivity contribution < 1.29 is 58.0 Å². The van der Waals surface area contributed by atoms with E-state index in [4.69, 9.17) is 43.0 Å². The maximum Gasteiger partial charge on any atom is 0.303 e. The van der Waals surface area contributed by atoms with Gasteiger partial charge in [0.1, 0.15) is 17.9 Å². The molecule has 0 aliphatic carbocycles. The zero-order valence-electron chi connectivity index (χ0n) is 37.5. The minimum atomic E-state index is -1.88. The highest BCUT2D eigenvalue weighted by atomic mass is 16.8. The summed E-state index contributed by atoms with van der Waals surface area (Å²) in [6.45, 7) is 20.6. The number of carboxylic acids is 1. The minimum Gasteiger partial charge on any atom is -0.481 e. The van der Waals surface area contributed by atoms with Crippen molar-refractivity contribution in [3.63, 3.8) is 0 Å². The number of ether oxygens (including phenoxy) is 8. The van der Waals surface area contributed by atoms with Gasteiger partial charge in [-0.15, -0.1) is 0 Å². The zero-order chi connectivity index (χ0) is 43.3. The Kier molecular flexibility index (Phi) is 11.9. The van der Waals surface area contributed by atoms with Crippen molar-refractivity contribution in [1.82, 2.24) is 5.32 Å². The van der Waals surface area contributed by atoms with Crippen LogP contribution in [-0.4, -0.2) is 112 Å². The molecule has 9 heterocycles. The summed E-state index contributed by atoms with van der Waals surface area (Å²) in [4.78, 5) is 11.0. The monoisotopic (exact) mass is 856 g/mol. The van der Waals surface area contributed by atoms with Gasteiger partial charge in [-0.3, -0.25) is 10.1 Å². The molecule has 0 radical (unpaired) electrons. The summed E-state index contributed by atoms with van der Waals surface area (Å²) in [6.07, 6.45) is 10.1. The molecule has 8 saturated heterocycles. The maximum atomic E-state index is 12.4. The van der Waals surface area contributed by atoms with Crippen molar-refractivity contribution in [3.8, 4) is 0 Å². The van der Waals surface area contributed by atoms with Crippen LogP contribution in [0.15, 0.2) is 36.0 Å². The molecule has 9 aliphatic heterocycles. The Morgan fingerprint density at radius 1 is 0.885 bits per heavy atom. The van der Waals surface area contributed by atoms with E-state index in [1.807, 2.05) is 19.1 Å². The van der Waals surface area contributed by atoms with Gasteiger partial charge in [-0.05, 0) is 68.3 Å². The SMILES string of the molecule is C=C(C[C@@]12C[C@@H](C)CC(O1)[C@H]1O[C@]3(C[C@H]1O2)NC[C@H](C)C[C@@H]3C)[C@H]1O[C@@](O)([C@H](O)[C@@H]2C[C@H]3O[C@@]4(CC[C@]5(CC(C)=C[C@@H](/C=C/CCC(=O)O)O5)O4)[C@H](C)C[C@H]3O2)[C@H](C)C[C@@H]1C. The number of aliphatic hydroxyl groups is 2. The van der Waals surface area contributed by atoms with E-state index < -0.39 is 53.2 Å². The molecule has 2 bridgehead atoms. The van der Waals surface area contributed by atoms with E-state index in [-0.39, 0.29) is 60.8 Å². The lowest BCUT2D eigenvalue weighted by Gasteiger charge is -2.53. The minimum absolute atomic E-state index is 0.0155. The molecule has 20 atom stereocenters. The Morgan fingerprint density at radius 3 is 2.44 bits per heavy atom. The lowest BCUT2D eigenvalue weighted by molar-refractivity contribution is -0.367. The number of fused-ring (bicyclic) bond motifs is 5. The second-order valence-corrected chi connectivity index (χ2v) is 21.5. The van der Waals surface area contributed by atoms with Gasteiger partial charge in [0, 0.05) is 69.7 Å². The molecule has 0 saturated carbocycles. The van der Waals surface area contributed by atoms with Gasteiger partial charge in [-0.2, -0.15) is 0 Å². The average Bonchev–Trinajstić information content (AvgIpc) is 3.86. The van der Waals surface area contributed by atoms with Gasteiger partial charge >= 0.3 is 5.97 Å². The van der Waals surface area contributed by atoms with Gasteiger partial charge in [-0.1, -0.05) is 71.9 Å². The van der Waals surface area contributed by atoms with E-state index >= 15 is 0 Å². The smallest absolute Gasteiger partial charge is 0.303 e. The van der Waals surface area contributed by atoms with E-state index in [1.54, 1.807) is 0 Å². The number of hydrogen-bond acceptors (Lipinski definition) is 12. The van der Waals surface area contributed by atoms with Gasteiger partial charge < -0.3 is 53.2 Å². The van der Waals surface area contributed by atoms with Crippen molar-refractivity contribution in [3.05, 3.63) is 36.0 Å². The third-order valence-corrected chi connectivity index (χ3v) is 16.2. The van der Waals surface area contributed by atoms with Crippen LogP contribution in [0.25, 0.3) is 0 Å². The quantitative estimate of drug-likeness (QED) is 0.183. The molecular formula is C48H73NO12. The molecule has 13 nitrogen and oxygen atoms in total. The molecule has 0 aromatic rings. The van der Waals surface area contributed by atoms with Crippen molar-refractivity contribution in [2.75, 3.05) is 6.54 Å². The second-order valence-electron chi connectivity index (χ2n) is 21.5. The van der Waals surface area contributed by atoms with E-state index in [9.17, 15) is 15.0 Å². The van der Waals surface area contributed by atoms with Crippen molar-refractivity contribution in [2.45, 2.75) is 216 Å². The Labute approximate surface area is 362 Å². The molecule has 1 unspecified atom stereocenters. The van der Waals surface area contributed by atoms with E-state index in [2.05, 4.69) is 59.5 Å². The molecule has 0 aromatic carbocycles. The fourth-order valence-corrected chi connectivity index (χ4v) is 13.2. The molecule has 9 aliphatic rings. The summed E-state index contributed by atoms with van der Waals surface area (Å²) in [6, 6.07) is 0. The molecular weight excluding hydrogens is 783 g/mol. The number of aliphatic hydroxyl groups excluding tert-OH is 1. The van der Waals surface area contributed by atoms with Crippen LogP contribution < -0.4 is 5.32 Å². The highest BCUT2D eigenvalue weighted by molar-refractivity contribution is 5.66. The first-order valence-electron chi connectivity index (χ1n) is 23.6. The third kappa shape index (κ3) is 8.16. The van der Waals surface area contributed by atoms with Crippen LogP contribution in [0.3, 0.4) is 0 Å². The summed E-state index contributed by atoms with van der Waals surface area (Å²) in [7, 11) is 0. The number of aliphatic carboxylic acids is 1. The molecule has 0 amide bonds. The van der Waals surface area contributed by atoms with Gasteiger partial charge in [0.2, 0.25) is 0 Å². The van der Waals surface area contributed by atoms with Crippen LogP contribution >= 0.6 is 0 Å². The lowest BCUT2D eigenvalue weighted by Crippen LogP contribution is -2.62. The first-order valence-corrected chi connectivity index (χ1v) is 23.6. The molecule has 4 N–H and O–H groups in total. The second kappa shape index (κ2) is 16.3. The first-order chi connectivity index (χ1) is 28.8. The predicted molar refractivity (Wildman–Crippen MR) is 224 cm³/mol. The number of carboxylic acid groups (broad SMARTS) is 1. The normalized spacial score (nSPS) is 52.4. The Hall–Kier alpha value is -1.75. The zero-order valence-corrected chi connectivity index (χ0v) is 37.5. The molecule has 3 spiro atoms. The largest absolute Gasteiger partial charge is 0.481 e. The van der Waals surface area contributed by atoms with E-state index in [1.165, 1.54) is 0 Å². The van der Waals surface area contributed by atoms with Gasteiger partial charge in [0.25, 0.3) is 0 Å². The van der Waals surface area contributed by atoms with Crippen LogP contribution in [-0.2, 0) is 42.7 Å². The highest BCUT2D eigenvalue weighted by Crippen LogP contribution is 2.56. The van der Waals surface area contributed by atoms with Crippen LogP contribution in [0.5, 0.6) is 0 Å². The van der Waals surface area contributed by atoms with Crippen molar-refractivity contribution in [1.29, 1.82) is 0 Å². The van der Waals surface area contributed by atoms with Gasteiger partial charge in [0.05, 0.1) is 42.7 Å². The number of allylic oxidation sites excluding steroid dienone is 1. The van der Waals surface area contributed by atoms with Gasteiger partial charge in [-0.25, -0.2) is 0 Å². The number of rotatable bonds is 9. The topological polar surface area (TPSA) is 164 Å². The van der Waals surface area contributed by atoms with Crippen molar-refractivity contribution in [2.24, 2.45) is 35.5 Å². The van der Waals surface area contributed by atoms with Gasteiger partial charge in [0.15, 0.2) is 23.1 Å². The van der Waals surface area contributed by atoms with Crippen LogP contribution in [0.1, 0.15) is 132 Å². The maximum absolute atomic E-state index is 12.4. The van der Waals surface area contributed by atoms with Crippen LogP contribution in [0, 0.1) is 35.5 Å². The lowest BCUT2D eigenvalue weighted by atomic mass is 9.76.